The van der Waals surface area contributed by atoms with Crippen LogP contribution in [0.25, 0.3) is 12.2 Å². The zero-order valence-corrected chi connectivity index (χ0v) is 10.8. The van der Waals surface area contributed by atoms with Crippen LogP contribution in [0.3, 0.4) is 0 Å². The van der Waals surface area contributed by atoms with Gasteiger partial charge in [-0.05, 0) is 60.4 Å². The minimum atomic E-state index is 0.799. The van der Waals surface area contributed by atoms with E-state index >= 15 is 0 Å². The van der Waals surface area contributed by atoms with E-state index in [1.807, 2.05) is 36.4 Å². The molecule has 0 heterocycles. The number of nitrogens with two attached hydrogens (primary N) is 2. The molecule has 0 unspecified atom stereocenters. The van der Waals surface area contributed by atoms with Gasteiger partial charge in [0.15, 0.2) is 0 Å². The molecule has 18 heavy (non-hydrogen) atoms. The Hall–Kier alpha value is -2.22. The molecular weight excluding hydrogens is 220 g/mol. The molecule has 2 heteroatoms. The lowest BCUT2D eigenvalue weighted by atomic mass is 10.0. The zero-order chi connectivity index (χ0) is 13.1. The molecule has 0 fully saturated rings. The Morgan fingerprint density at radius 2 is 1.11 bits per heavy atom. The van der Waals surface area contributed by atoms with Gasteiger partial charge in [0.2, 0.25) is 0 Å². The van der Waals surface area contributed by atoms with Crippen molar-refractivity contribution in [1.82, 2.24) is 0 Å². The summed E-state index contributed by atoms with van der Waals surface area (Å²) in [5.74, 6) is 0. The summed E-state index contributed by atoms with van der Waals surface area (Å²) >= 11 is 0. The molecule has 2 aromatic carbocycles. The number of anilines is 2. The Labute approximate surface area is 108 Å². The third kappa shape index (κ3) is 2.72. The van der Waals surface area contributed by atoms with Gasteiger partial charge < -0.3 is 11.5 Å². The molecule has 0 atom stereocenters. The minimum Gasteiger partial charge on any atom is -0.399 e. The molecule has 0 spiro atoms. The highest BCUT2D eigenvalue weighted by Gasteiger charge is 1.97. The van der Waals surface area contributed by atoms with E-state index < -0.39 is 0 Å². The second kappa shape index (κ2) is 4.96. The highest BCUT2D eigenvalue weighted by atomic mass is 14.5. The molecule has 0 bridgehead atoms. The van der Waals surface area contributed by atoms with Crippen LogP contribution in [0.5, 0.6) is 0 Å². The SMILES string of the molecule is Cc1cc(N)ccc1/C=C/c1ccc(N)cc1C. The van der Waals surface area contributed by atoms with E-state index in [2.05, 4.69) is 26.0 Å². The van der Waals surface area contributed by atoms with Gasteiger partial charge in [0.25, 0.3) is 0 Å². The van der Waals surface area contributed by atoms with Gasteiger partial charge >= 0.3 is 0 Å². The van der Waals surface area contributed by atoms with Gasteiger partial charge in [-0.15, -0.1) is 0 Å². The lowest BCUT2D eigenvalue weighted by molar-refractivity contribution is 1.43. The Morgan fingerprint density at radius 3 is 1.44 bits per heavy atom. The summed E-state index contributed by atoms with van der Waals surface area (Å²) in [6.45, 7) is 4.12. The van der Waals surface area contributed by atoms with Gasteiger partial charge in [0.05, 0.1) is 0 Å². The van der Waals surface area contributed by atoms with Crippen molar-refractivity contribution in [2.75, 3.05) is 11.5 Å². The van der Waals surface area contributed by atoms with Crippen LogP contribution in [-0.4, -0.2) is 0 Å². The van der Waals surface area contributed by atoms with Crippen LogP contribution in [-0.2, 0) is 0 Å². The Morgan fingerprint density at radius 1 is 0.722 bits per heavy atom. The van der Waals surface area contributed by atoms with Gasteiger partial charge in [-0.3, -0.25) is 0 Å². The summed E-state index contributed by atoms with van der Waals surface area (Å²) in [6.07, 6.45) is 4.21. The largest absolute Gasteiger partial charge is 0.399 e. The van der Waals surface area contributed by atoms with E-state index in [-0.39, 0.29) is 0 Å². The Bertz CT molecular complexity index is 545. The summed E-state index contributed by atoms with van der Waals surface area (Å²) in [4.78, 5) is 0. The third-order valence-electron chi connectivity index (χ3n) is 3.03. The van der Waals surface area contributed by atoms with Crippen molar-refractivity contribution in [1.29, 1.82) is 0 Å². The molecule has 0 radical (unpaired) electrons. The first kappa shape index (κ1) is 12.2. The van der Waals surface area contributed by atoms with Crippen molar-refractivity contribution in [2.24, 2.45) is 0 Å². The van der Waals surface area contributed by atoms with Gasteiger partial charge in [0, 0.05) is 11.4 Å². The van der Waals surface area contributed by atoms with Crippen LogP contribution in [0.15, 0.2) is 36.4 Å². The normalized spacial score (nSPS) is 11.0. The number of hydrogen-bond donors (Lipinski definition) is 2. The smallest absolute Gasteiger partial charge is 0.0317 e. The van der Waals surface area contributed by atoms with Crippen LogP contribution < -0.4 is 11.5 Å². The fraction of sp³-hybridized carbons (Fsp3) is 0.125. The van der Waals surface area contributed by atoms with Crippen molar-refractivity contribution in [3.05, 3.63) is 58.7 Å². The fourth-order valence-corrected chi connectivity index (χ4v) is 1.95. The summed E-state index contributed by atoms with van der Waals surface area (Å²) in [5.41, 5.74) is 17.8. The molecule has 0 amide bonds. The fourth-order valence-electron chi connectivity index (χ4n) is 1.95. The van der Waals surface area contributed by atoms with Gasteiger partial charge in [-0.1, -0.05) is 24.3 Å². The lowest BCUT2D eigenvalue weighted by Crippen LogP contribution is -1.88. The molecule has 0 aliphatic carbocycles. The van der Waals surface area contributed by atoms with Crippen LogP contribution in [0.2, 0.25) is 0 Å². The van der Waals surface area contributed by atoms with Crippen molar-refractivity contribution < 1.29 is 0 Å². The van der Waals surface area contributed by atoms with Gasteiger partial charge in [0.1, 0.15) is 0 Å². The Kier molecular flexibility index (Phi) is 3.38. The summed E-state index contributed by atoms with van der Waals surface area (Å²) in [6, 6.07) is 11.9. The van der Waals surface area contributed by atoms with Crippen molar-refractivity contribution in [2.45, 2.75) is 13.8 Å². The van der Waals surface area contributed by atoms with E-state index in [9.17, 15) is 0 Å². The molecule has 4 N–H and O–H groups in total. The molecule has 0 aliphatic rings. The summed E-state index contributed by atoms with van der Waals surface area (Å²) < 4.78 is 0. The first-order chi connectivity index (χ1) is 8.56. The van der Waals surface area contributed by atoms with E-state index in [1.165, 1.54) is 22.3 Å². The quantitative estimate of drug-likeness (QED) is 0.620. The van der Waals surface area contributed by atoms with Crippen LogP contribution in [0.1, 0.15) is 22.3 Å². The van der Waals surface area contributed by atoms with Crippen LogP contribution in [0, 0.1) is 13.8 Å². The van der Waals surface area contributed by atoms with Gasteiger partial charge in [-0.25, -0.2) is 0 Å². The standard InChI is InChI=1S/C16H18N2/c1-11-9-15(17)7-5-13(11)3-4-14-6-8-16(18)10-12(14)2/h3-10H,17-18H2,1-2H3/b4-3+. The first-order valence-electron chi connectivity index (χ1n) is 5.96. The first-order valence-corrected chi connectivity index (χ1v) is 5.96. The number of aryl methyl sites for hydroxylation is 2. The predicted molar refractivity (Wildman–Crippen MR) is 80.1 cm³/mol. The average Bonchev–Trinajstić information content (AvgIpc) is 2.30. The topological polar surface area (TPSA) is 52.0 Å². The summed E-state index contributed by atoms with van der Waals surface area (Å²) in [5, 5.41) is 0. The minimum absolute atomic E-state index is 0.799. The molecule has 2 rings (SSSR count). The third-order valence-corrected chi connectivity index (χ3v) is 3.03. The molecular formula is C16H18N2. The van der Waals surface area contributed by atoms with E-state index in [0.29, 0.717) is 0 Å². The maximum absolute atomic E-state index is 5.74. The van der Waals surface area contributed by atoms with Gasteiger partial charge in [-0.2, -0.15) is 0 Å². The molecule has 0 aromatic heterocycles. The van der Waals surface area contributed by atoms with Crippen LogP contribution in [0.4, 0.5) is 11.4 Å². The zero-order valence-electron chi connectivity index (χ0n) is 10.8. The Balaban J connectivity index is 2.30. The maximum Gasteiger partial charge on any atom is 0.0317 e. The molecule has 0 saturated carbocycles. The molecule has 2 aromatic rings. The highest BCUT2D eigenvalue weighted by Crippen LogP contribution is 2.18. The van der Waals surface area contributed by atoms with Crippen molar-refractivity contribution in [3.8, 4) is 0 Å². The van der Waals surface area contributed by atoms with Crippen molar-refractivity contribution in [3.63, 3.8) is 0 Å². The van der Waals surface area contributed by atoms with E-state index in [4.69, 9.17) is 11.5 Å². The van der Waals surface area contributed by atoms with Crippen molar-refractivity contribution >= 4 is 23.5 Å². The van der Waals surface area contributed by atoms with E-state index in [1.54, 1.807) is 0 Å². The second-order valence-corrected chi connectivity index (χ2v) is 4.57. The molecule has 0 aliphatic heterocycles. The summed E-state index contributed by atoms with van der Waals surface area (Å²) in [7, 11) is 0. The molecule has 2 nitrogen and oxygen atoms in total. The number of benzene rings is 2. The van der Waals surface area contributed by atoms with E-state index in [0.717, 1.165) is 11.4 Å². The molecule has 0 saturated heterocycles. The molecule has 92 valence electrons. The number of nitrogen functional groups attached to an aromatic ring is 2. The number of rotatable bonds is 2. The average molecular weight is 238 g/mol. The monoisotopic (exact) mass is 238 g/mol. The maximum atomic E-state index is 5.74. The van der Waals surface area contributed by atoms with Crippen LogP contribution >= 0.6 is 0 Å². The lowest BCUT2D eigenvalue weighted by Gasteiger charge is -2.04. The number of hydrogen-bond acceptors (Lipinski definition) is 2. The second-order valence-electron chi connectivity index (χ2n) is 4.57. The predicted octanol–water partition coefficient (Wildman–Crippen LogP) is 3.64. The highest BCUT2D eigenvalue weighted by molar-refractivity contribution is 5.74.